The van der Waals surface area contributed by atoms with E-state index < -0.39 is 5.82 Å². The second-order valence-corrected chi connectivity index (χ2v) is 7.67. The number of halogens is 1. The van der Waals surface area contributed by atoms with Gasteiger partial charge in [-0.15, -0.1) is 0 Å². The Labute approximate surface area is 195 Å². The number of nitrogens with one attached hydrogen (secondary N) is 2. The molecular formula is C24H24FN7O2. The van der Waals surface area contributed by atoms with E-state index in [4.69, 9.17) is 4.74 Å². The van der Waals surface area contributed by atoms with Crippen LogP contribution in [0.3, 0.4) is 0 Å². The summed E-state index contributed by atoms with van der Waals surface area (Å²) in [6, 6.07) is 10.6. The number of benzene rings is 1. The molecule has 10 heteroatoms. The van der Waals surface area contributed by atoms with Crippen LogP contribution in [0.4, 0.5) is 21.7 Å². The van der Waals surface area contributed by atoms with Gasteiger partial charge in [0.1, 0.15) is 11.4 Å². The lowest BCUT2D eigenvalue weighted by molar-refractivity contribution is -0.111. The van der Waals surface area contributed by atoms with Crippen LogP contribution in [0.5, 0.6) is 5.75 Å². The van der Waals surface area contributed by atoms with E-state index in [1.807, 2.05) is 37.2 Å². The Kier molecular flexibility index (Phi) is 6.79. The van der Waals surface area contributed by atoms with Gasteiger partial charge in [0, 0.05) is 30.1 Å². The third-order valence-corrected chi connectivity index (χ3v) is 4.88. The van der Waals surface area contributed by atoms with Crippen LogP contribution in [-0.4, -0.2) is 58.1 Å². The zero-order chi connectivity index (χ0) is 24.1. The second-order valence-electron chi connectivity index (χ2n) is 7.67. The lowest BCUT2D eigenvalue weighted by Gasteiger charge is -2.13. The van der Waals surface area contributed by atoms with E-state index in [1.165, 1.54) is 13.2 Å². The van der Waals surface area contributed by atoms with Crippen molar-refractivity contribution in [3.63, 3.8) is 0 Å². The number of likely N-dealkylation sites (N-methyl/N-ethyl adjacent to an activating group) is 1. The van der Waals surface area contributed by atoms with Gasteiger partial charge in [0.25, 0.3) is 0 Å². The van der Waals surface area contributed by atoms with Crippen molar-refractivity contribution in [1.82, 2.24) is 24.5 Å². The van der Waals surface area contributed by atoms with Crippen molar-refractivity contribution in [1.29, 1.82) is 0 Å². The molecule has 1 amide bonds. The molecule has 0 aliphatic rings. The Balaban J connectivity index is 1.60. The summed E-state index contributed by atoms with van der Waals surface area (Å²) in [6.45, 7) is 0.653. The molecule has 2 N–H and O–H groups in total. The van der Waals surface area contributed by atoms with Crippen LogP contribution in [-0.2, 0) is 4.79 Å². The molecule has 0 saturated heterocycles. The van der Waals surface area contributed by atoms with Gasteiger partial charge in [-0.05, 0) is 44.4 Å². The van der Waals surface area contributed by atoms with E-state index in [2.05, 4.69) is 25.7 Å². The largest absolute Gasteiger partial charge is 0.495 e. The minimum Gasteiger partial charge on any atom is -0.495 e. The van der Waals surface area contributed by atoms with Gasteiger partial charge in [-0.3, -0.25) is 4.79 Å². The van der Waals surface area contributed by atoms with Gasteiger partial charge in [-0.1, -0.05) is 12.1 Å². The zero-order valence-electron chi connectivity index (χ0n) is 19.0. The van der Waals surface area contributed by atoms with Gasteiger partial charge in [-0.25, -0.2) is 18.9 Å². The molecule has 0 bridgehead atoms. The molecule has 3 heterocycles. The molecule has 1 aromatic carbocycles. The SMILES string of the molecule is COc1ccc(NC(=O)C=CCN(C)C)cc1Nc1ncc(F)c(-c2cnn3ccccc23)n1. The van der Waals surface area contributed by atoms with Crippen molar-refractivity contribution in [2.24, 2.45) is 0 Å². The molecule has 0 aliphatic carbocycles. The number of ether oxygens (including phenoxy) is 1. The fraction of sp³-hybridized carbons (Fsp3) is 0.167. The van der Waals surface area contributed by atoms with Gasteiger partial charge in [-0.2, -0.15) is 5.10 Å². The Morgan fingerprint density at radius 2 is 2.09 bits per heavy atom. The molecule has 0 saturated carbocycles. The fourth-order valence-electron chi connectivity index (χ4n) is 3.29. The molecule has 34 heavy (non-hydrogen) atoms. The van der Waals surface area contributed by atoms with Crippen LogP contribution in [0.25, 0.3) is 16.8 Å². The van der Waals surface area contributed by atoms with Crippen LogP contribution in [0.1, 0.15) is 0 Å². The van der Waals surface area contributed by atoms with Crippen molar-refractivity contribution < 1.29 is 13.9 Å². The summed E-state index contributed by atoms with van der Waals surface area (Å²) < 4.78 is 21.7. The maximum atomic E-state index is 14.6. The highest BCUT2D eigenvalue weighted by Crippen LogP contribution is 2.31. The maximum Gasteiger partial charge on any atom is 0.248 e. The van der Waals surface area contributed by atoms with E-state index in [9.17, 15) is 9.18 Å². The number of pyridine rings is 1. The molecule has 0 unspecified atom stereocenters. The number of amides is 1. The summed E-state index contributed by atoms with van der Waals surface area (Å²) in [5.41, 5.74) is 2.44. The van der Waals surface area contributed by atoms with Crippen LogP contribution in [0, 0.1) is 5.82 Å². The smallest absolute Gasteiger partial charge is 0.248 e. The first-order chi connectivity index (χ1) is 16.4. The molecule has 3 aromatic heterocycles. The number of anilines is 3. The Morgan fingerprint density at radius 1 is 1.24 bits per heavy atom. The summed E-state index contributed by atoms with van der Waals surface area (Å²) in [6.07, 6.45) is 7.68. The molecule has 9 nitrogen and oxygen atoms in total. The number of hydrogen-bond donors (Lipinski definition) is 2. The first-order valence-electron chi connectivity index (χ1n) is 10.5. The van der Waals surface area contributed by atoms with Crippen molar-refractivity contribution in [3.8, 4) is 17.0 Å². The number of hydrogen-bond acceptors (Lipinski definition) is 7. The average molecular weight is 462 g/mol. The van der Waals surface area contributed by atoms with Crippen LogP contribution < -0.4 is 15.4 Å². The van der Waals surface area contributed by atoms with Crippen molar-refractivity contribution in [3.05, 3.63) is 73.0 Å². The molecule has 0 fully saturated rings. The number of carbonyl (C=O) groups excluding carboxylic acids is 1. The Morgan fingerprint density at radius 3 is 2.88 bits per heavy atom. The quantitative estimate of drug-likeness (QED) is 0.386. The number of nitrogens with zero attached hydrogens (tertiary/aromatic N) is 5. The predicted molar refractivity (Wildman–Crippen MR) is 129 cm³/mol. The normalized spacial score (nSPS) is 11.3. The van der Waals surface area contributed by atoms with Crippen molar-refractivity contribution >= 4 is 28.7 Å². The number of methoxy groups -OCH3 is 1. The van der Waals surface area contributed by atoms with Crippen molar-refractivity contribution in [2.45, 2.75) is 0 Å². The minimum atomic E-state index is -0.568. The summed E-state index contributed by atoms with van der Waals surface area (Å²) in [7, 11) is 5.36. The summed E-state index contributed by atoms with van der Waals surface area (Å²) >= 11 is 0. The highest BCUT2D eigenvalue weighted by Gasteiger charge is 2.15. The molecule has 4 rings (SSSR count). The molecular weight excluding hydrogens is 437 g/mol. The molecule has 4 aromatic rings. The van der Waals surface area contributed by atoms with Gasteiger partial charge in [0.2, 0.25) is 11.9 Å². The van der Waals surface area contributed by atoms with E-state index >= 15 is 0 Å². The van der Waals surface area contributed by atoms with Gasteiger partial charge in [0.05, 0.1) is 30.7 Å². The topological polar surface area (TPSA) is 96.7 Å². The number of carbonyl (C=O) groups is 1. The first kappa shape index (κ1) is 22.9. The van der Waals surface area contributed by atoms with Gasteiger partial charge >= 0.3 is 0 Å². The molecule has 174 valence electrons. The second kappa shape index (κ2) is 10.1. The van der Waals surface area contributed by atoms with Gasteiger partial charge in [0.15, 0.2) is 5.82 Å². The summed E-state index contributed by atoms with van der Waals surface area (Å²) in [4.78, 5) is 22.6. The first-order valence-corrected chi connectivity index (χ1v) is 10.5. The van der Waals surface area contributed by atoms with E-state index in [-0.39, 0.29) is 17.5 Å². The molecule has 0 atom stereocenters. The molecule has 0 aliphatic heterocycles. The fourth-order valence-corrected chi connectivity index (χ4v) is 3.29. The third kappa shape index (κ3) is 5.18. The lowest BCUT2D eigenvalue weighted by Crippen LogP contribution is -2.13. The van der Waals surface area contributed by atoms with E-state index in [0.29, 0.717) is 29.2 Å². The Hall–Kier alpha value is -4.31. The van der Waals surface area contributed by atoms with E-state index in [0.717, 1.165) is 11.7 Å². The number of aromatic nitrogens is 4. The third-order valence-electron chi connectivity index (χ3n) is 4.88. The van der Waals surface area contributed by atoms with Crippen LogP contribution in [0.2, 0.25) is 0 Å². The monoisotopic (exact) mass is 461 g/mol. The van der Waals surface area contributed by atoms with E-state index in [1.54, 1.807) is 41.2 Å². The maximum absolute atomic E-state index is 14.6. The van der Waals surface area contributed by atoms with Gasteiger partial charge < -0.3 is 20.3 Å². The number of fused-ring (bicyclic) bond motifs is 1. The standard InChI is InChI=1S/C24H24FN7O2/c1-31(2)11-6-8-22(33)28-16-9-10-21(34-3)19(13-16)29-24-26-15-18(25)23(30-24)17-14-27-32-12-5-4-7-20(17)32/h4-10,12-15H,11H2,1-3H3,(H,28,33)(H,26,29,30). The average Bonchev–Trinajstić information content (AvgIpc) is 3.24. The molecule has 0 radical (unpaired) electrons. The summed E-state index contributed by atoms with van der Waals surface area (Å²) in [5, 5.41) is 10.1. The lowest BCUT2D eigenvalue weighted by atomic mass is 10.2. The highest BCUT2D eigenvalue weighted by molar-refractivity contribution is 5.99. The van der Waals surface area contributed by atoms with Crippen molar-refractivity contribution in [2.75, 3.05) is 38.4 Å². The Bertz CT molecular complexity index is 1350. The van der Waals surface area contributed by atoms with Crippen LogP contribution >= 0.6 is 0 Å². The highest BCUT2D eigenvalue weighted by atomic mass is 19.1. The minimum absolute atomic E-state index is 0.119. The summed E-state index contributed by atoms with van der Waals surface area (Å²) in [5.74, 6) is -0.154. The van der Waals surface area contributed by atoms with Crippen LogP contribution in [0.15, 0.2) is 67.1 Å². The molecule has 0 spiro atoms. The number of rotatable bonds is 8. The zero-order valence-corrected chi connectivity index (χ0v) is 19.0. The predicted octanol–water partition coefficient (Wildman–Crippen LogP) is 3.74.